The summed E-state index contributed by atoms with van der Waals surface area (Å²) in [5, 5.41) is 0. The highest BCUT2D eigenvalue weighted by atomic mass is 79.9. The van der Waals surface area contributed by atoms with Crippen LogP contribution in [-0.2, 0) is 14.3 Å². The number of allylic oxidation sites excluding steroid dienone is 1. The Morgan fingerprint density at radius 1 is 1.00 bits per heavy atom. The SMILES string of the molecule is CCOC(=O)C1=C(C)N=c2s/c(=C/c3ccc(-c4ccc(C(=O)OCC)cc4)o3)c(=O)n2[C@H]1c1cc(OC)c(OCC)cc1Br. The van der Waals surface area contributed by atoms with Gasteiger partial charge in [-0.05, 0) is 69.7 Å². The predicted molar refractivity (Wildman–Crippen MR) is 172 cm³/mol. The van der Waals surface area contributed by atoms with E-state index < -0.39 is 18.0 Å². The molecule has 0 radical (unpaired) electrons. The third-order valence-electron chi connectivity index (χ3n) is 6.98. The Hall–Kier alpha value is -4.42. The average molecular weight is 696 g/mol. The number of esters is 2. The topological polar surface area (TPSA) is 119 Å². The second kappa shape index (κ2) is 13.7. The van der Waals surface area contributed by atoms with Gasteiger partial charge in [0.25, 0.3) is 5.56 Å². The summed E-state index contributed by atoms with van der Waals surface area (Å²) in [5.74, 6) is 1.02. The minimum Gasteiger partial charge on any atom is -0.493 e. The van der Waals surface area contributed by atoms with Gasteiger partial charge in [0.05, 0.1) is 54.3 Å². The number of ether oxygens (including phenoxy) is 4. The van der Waals surface area contributed by atoms with Crippen LogP contribution in [0.5, 0.6) is 11.5 Å². The molecule has 0 unspecified atom stereocenters. The van der Waals surface area contributed by atoms with E-state index in [2.05, 4.69) is 20.9 Å². The maximum absolute atomic E-state index is 14.1. The summed E-state index contributed by atoms with van der Waals surface area (Å²) < 4.78 is 30.3. The van der Waals surface area contributed by atoms with Crippen LogP contribution in [-0.4, -0.2) is 43.4 Å². The molecular formula is C33H31BrN2O8S. The molecule has 0 spiro atoms. The molecule has 0 N–H and O–H groups in total. The Morgan fingerprint density at radius 2 is 1.71 bits per heavy atom. The van der Waals surface area contributed by atoms with Crippen LogP contribution in [0.4, 0.5) is 0 Å². The summed E-state index contributed by atoms with van der Waals surface area (Å²) in [6.45, 7) is 7.95. The van der Waals surface area contributed by atoms with Crippen molar-refractivity contribution < 1.29 is 33.0 Å². The molecule has 1 aliphatic rings. The van der Waals surface area contributed by atoms with Crippen molar-refractivity contribution in [2.45, 2.75) is 33.7 Å². The zero-order chi connectivity index (χ0) is 32.2. The van der Waals surface area contributed by atoms with Gasteiger partial charge in [-0.2, -0.15) is 0 Å². The lowest BCUT2D eigenvalue weighted by atomic mass is 9.95. The fourth-order valence-electron chi connectivity index (χ4n) is 4.97. The van der Waals surface area contributed by atoms with E-state index in [1.54, 1.807) is 75.4 Å². The number of nitrogens with zero attached hydrogens (tertiary/aromatic N) is 2. The summed E-state index contributed by atoms with van der Waals surface area (Å²) >= 11 is 4.82. The first kappa shape index (κ1) is 32.0. The molecule has 45 heavy (non-hydrogen) atoms. The molecule has 3 heterocycles. The van der Waals surface area contributed by atoms with Crippen molar-refractivity contribution in [2.75, 3.05) is 26.9 Å². The van der Waals surface area contributed by atoms with E-state index in [4.69, 9.17) is 23.4 Å². The van der Waals surface area contributed by atoms with Crippen LogP contribution >= 0.6 is 27.3 Å². The highest BCUT2D eigenvalue weighted by molar-refractivity contribution is 9.10. The van der Waals surface area contributed by atoms with Crippen LogP contribution in [0.3, 0.4) is 0 Å². The van der Waals surface area contributed by atoms with Crippen molar-refractivity contribution in [1.82, 2.24) is 4.57 Å². The van der Waals surface area contributed by atoms with Gasteiger partial charge in [0.2, 0.25) is 0 Å². The Morgan fingerprint density at radius 3 is 2.38 bits per heavy atom. The van der Waals surface area contributed by atoms with E-state index in [0.717, 1.165) is 5.56 Å². The molecule has 0 bridgehead atoms. The molecule has 2 aromatic carbocycles. The molecule has 2 aromatic heterocycles. The maximum Gasteiger partial charge on any atom is 0.338 e. The number of rotatable bonds is 10. The van der Waals surface area contributed by atoms with Gasteiger partial charge in [-0.25, -0.2) is 14.6 Å². The molecule has 10 nitrogen and oxygen atoms in total. The van der Waals surface area contributed by atoms with Gasteiger partial charge < -0.3 is 23.4 Å². The highest BCUT2D eigenvalue weighted by Gasteiger charge is 2.35. The summed E-state index contributed by atoms with van der Waals surface area (Å²) in [4.78, 5) is 44.4. The molecule has 0 saturated carbocycles. The van der Waals surface area contributed by atoms with Crippen LogP contribution in [0, 0.1) is 0 Å². The standard InChI is InChI=1S/C33H31BrN2O8S/c1-6-41-26-17-23(34)22(16-25(26)40-5)29-28(32(39)43-8-3)18(4)35-33-36(29)30(37)27(45-33)15-21-13-14-24(44-21)19-9-11-20(12-10-19)31(38)42-7-2/h9-17,29H,6-8H2,1-5H3/b27-15+/t29-/m0/s1. The lowest BCUT2D eigenvalue weighted by Crippen LogP contribution is -2.40. The first-order valence-corrected chi connectivity index (χ1v) is 15.9. The first-order valence-electron chi connectivity index (χ1n) is 14.3. The van der Waals surface area contributed by atoms with E-state index in [-0.39, 0.29) is 17.7 Å². The third kappa shape index (κ3) is 6.38. The molecule has 12 heteroatoms. The van der Waals surface area contributed by atoms with Gasteiger partial charge in [0, 0.05) is 16.1 Å². The van der Waals surface area contributed by atoms with E-state index in [1.165, 1.54) is 23.0 Å². The summed E-state index contributed by atoms with van der Waals surface area (Å²) in [5.41, 5.74) is 2.14. The molecule has 1 atom stereocenters. The minimum atomic E-state index is -0.855. The van der Waals surface area contributed by atoms with Crippen LogP contribution < -0.4 is 24.4 Å². The van der Waals surface area contributed by atoms with Crippen LogP contribution in [0.1, 0.15) is 55.4 Å². The van der Waals surface area contributed by atoms with E-state index in [0.29, 0.717) is 66.9 Å². The maximum atomic E-state index is 14.1. The largest absolute Gasteiger partial charge is 0.493 e. The second-order valence-corrected chi connectivity index (χ2v) is 11.6. The van der Waals surface area contributed by atoms with Crippen molar-refractivity contribution >= 4 is 45.3 Å². The van der Waals surface area contributed by atoms with Crippen LogP contribution in [0.2, 0.25) is 0 Å². The number of thiazole rings is 1. The quantitative estimate of drug-likeness (QED) is 0.203. The van der Waals surface area contributed by atoms with E-state index in [1.807, 2.05) is 6.92 Å². The zero-order valence-electron chi connectivity index (χ0n) is 25.3. The number of benzene rings is 2. The molecule has 1 aliphatic heterocycles. The Balaban J connectivity index is 1.60. The number of fused-ring (bicyclic) bond motifs is 1. The normalized spacial score (nSPS) is 14.5. The monoisotopic (exact) mass is 694 g/mol. The van der Waals surface area contributed by atoms with Crippen molar-refractivity contribution in [3.05, 3.63) is 101 Å². The predicted octanol–water partition coefficient (Wildman–Crippen LogP) is 5.40. The Bertz CT molecular complexity index is 1970. The summed E-state index contributed by atoms with van der Waals surface area (Å²) in [7, 11) is 1.53. The van der Waals surface area contributed by atoms with Crippen molar-refractivity contribution in [3.8, 4) is 22.8 Å². The number of hydrogen-bond acceptors (Lipinski definition) is 10. The number of furan rings is 1. The second-order valence-electron chi connectivity index (χ2n) is 9.76. The van der Waals surface area contributed by atoms with Crippen molar-refractivity contribution in [1.29, 1.82) is 0 Å². The van der Waals surface area contributed by atoms with Gasteiger partial charge in [0.1, 0.15) is 11.5 Å². The fraction of sp³-hybridized carbons (Fsp3) is 0.273. The molecule has 4 aromatic rings. The Labute approximate surface area is 271 Å². The van der Waals surface area contributed by atoms with Gasteiger partial charge >= 0.3 is 11.9 Å². The van der Waals surface area contributed by atoms with Crippen molar-refractivity contribution in [3.63, 3.8) is 0 Å². The molecule has 5 rings (SSSR count). The minimum absolute atomic E-state index is 0.160. The molecule has 0 fully saturated rings. The first-order chi connectivity index (χ1) is 21.7. The average Bonchev–Trinajstić information content (AvgIpc) is 3.61. The van der Waals surface area contributed by atoms with Gasteiger partial charge in [0.15, 0.2) is 16.3 Å². The van der Waals surface area contributed by atoms with Crippen molar-refractivity contribution in [2.24, 2.45) is 4.99 Å². The molecule has 0 saturated heterocycles. The Kier molecular flexibility index (Phi) is 9.74. The molecular weight excluding hydrogens is 664 g/mol. The lowest BCUT2D eigenvalue weighted by Gasteiger charge is -2.26. The van der Waals surface area contributed by atoms with E-state index in [9.17, 15) is 14.4 Å². The number of carbonyl (C=O) groups is 2. The van der Waals surface area contributed by atoms with E-state index >= 15 is 0 Å². The number of hydrogen-bond donors (Lipinski definition) is 0. The smallest absolute Gasteiger partial charge is 0.338 e. The molecule has 234 valence electrons. The number of carbonyl (C=O) groups excluding carboxylic acids is 2. The molecule has 0 aliphatic carbocycles. The number of aromatic nitrogens is 1. The van der Waals surface area contributed by atoms with Gasteiger partial charge in [-0.15, -0.1) is 0 Å². The third-order valence-corrected chi connectivity index (χ3v) is 8.64. The highest BCUT2D eigenvalue weighted by Crippen LogP contribution is 2.41. The zero-order valence-corrected chi connectivity index (χ0v) is 27.7. The number of halogens is 1. The lowest BCUT2D eigenvalue weighted by molar-refractivity contribution is -0.139. The van der Waals surface area contributed by atoms with Crippen LogP contribution in [0.15, 0.2) is 78.5 Å². The fourth-order valence-corrected chi connectivity index (χ4v) is 6.54. The summed E-state index contributed by atoms with van der Waals surface area (Å²) in [6.07, 6.45) is 1.65. The molecule has 0 amide bonds. The van der Waals surface area contributed by atoms with Gasteiger partial charge in [-0.1, -0.05) is 39.4 Å². The summed E-state index contributed by atoms with van der Waals surface area (Å²) in [6, 6.07) is 13.1. The number of methoxy groups -OCH3 is 1. The van der Waals surface area contributed by atoms with Gasteiger partial charge in [-0.3, -0.25) is 9.36 Å². The van der Waals surface area contributed by atoms with Crippen LogP contribution in [0.25, 0.3) is 17.4 Å².